The minimum atomic E-state index is -3.68. The van der Waals surface area contributed by atoms with E-state index in [4.69, 9.17) is 28.9 Å². The Bertz CT molecular complexity index is 532. The molecule has 0 amide bonds. The Morgan fingerprint density at radius 3 is 2.50 bits per heavy atom. The van der Waals surface area contributed by atoms with Crippen molar-refractivity contribution in [1.82, 2.24) is 4.72 Å². The lowest BCUT2D eigenvalue weighted by molar-refractivity contribution is 0.556. The van der Waals surface area contributed by atoms with Gasteiger partial charge in [-0.05, 0) is 31.0 Å². The molecule has 3 N–H and O–H groups in total. The lowest BCUT2D eigenvalue weighted by Crippen LogP contribution is -2.32. The third kappa shape index (κ3) is 3.59. The molecule has 0 aliphatic carbocycles. The molecule has 0 aromatic heterocycles. The summed E-state index contributed by atoms with van der Waals surface area (Å²) in [5.41, 5.74) is 6.01. The van der Waals surface area contributed by atoms with E-state index >= 15 is 0 Å². The molecule has 1 atom stereocenters. The van der Waals surface area contributed by atoms with Gasteiger partial charge in [-0.25, -0.2) is 13.1 Å². The van der Waals surface area contributed by atoms with E-state index in [0.717, 1.165) is 0 Å². The van der Waals surface area contributed by atoms with E-state index in [-0.39, 0.29) is 22.5 Å². The van der Waals surface area contributed by atoms with Gasteiger partial charge in [-0.1, -0.05) is 30.1 Å². The van der Waals surface area contributed by atoms with Gasteiger partial charge in [-0.2, -0.15) is 0 Å². The zero-order valence-corrected chi connectivity index (χ0v) is 12.5. The zero-order valence-electron chi connectivity index (χ0n) is 10.2. The van der Waals surface area contributed by atoms with Crippen LogP contribution >= 0.6 is 23.2 Å². The number of rotatable bonds is 5. The maximum absolute atomic E-state index is 12.1. The number of benzene rings is 1. The SMILES string of the molecule is CCC(C)NS(=O)(=O)c1cc(Cl)cc(CN)c1Cl. The van der Waals surface area contributed by atoms with E-state index in [1.54, 1.807) is 13.0 Å². The van der Waals surface area contributed by atoms with Crippen molar-refractivity contribution in [3.05, 3.63) is 27.7 Å². The van der Waals surface area contributed by atoms with E-state index in [2.05, 4.69) is 4.72 Å². The third-order valence-corrected chi connectivity index (χ3v) is 4.95. The van der Waals surface area contributed by atoms with Gasteiger partial charge in [0.2, 0.25) is 10.0 Å². The summed E-state index contributed by atoms with van der Waals surface area (Å²) in [7, 11) is -3.68. The Hall–Kier alpha value is -0.330. The van der Waals surface area contributed by atoms with Crippen molar-refractivity contribution in [2.45, 2.75) is 37.8 Å². The summed E-state index contributed by atoms with van der Waals surface area (Å²) < 4.78 is 26.8. The number of hydrogen-bond donors (Lipinski definition) is 2. The Kier molecular flexibility index (Phi) is 5.43. The zero-order chi connectivity index (χ0) is 13.9. The van der Waals surface area contributed by atoms with Crippen LogP contribution in [0.5, 0.6) is 0 Å². The van der Waals surface area contributed by atoms with E-state index in [0.29, 0.717) is 17.0 Å². The fourth-order valence-corrected chi connectivity index (χ4v) is 3.64. The van der Waals surface area contributed by atoms with Gasteiger partial charge < -0.3 is 5.73 Å². The average Bonchev–Trinajstić information content (AvgIpc) is 2.30. The molecule has 0 radical (unpaired) electrons. The highest BCUT2D eigenvalue weighted by atomic mass is 35.5. The molecular formula is C11H16Cl2N2O2S. The van der Waals surface area contributed by atoms with Gasteiger partial charge in [0.05, 0.1) is 5.02 Å². The molecule has 0 aliphatic heterocycles. The molecule has 1 rings (SSSR count). The van der Waals surface area contributed by atoms with E-state index in [1.807, 2.05) is 6.92 Å². The first-order valence-corrected chi connectivity index (χ1v) is 7.76. The Labute approximate surface area is 118 Å². The highest BCUT2D eigenvalue weighted by Crippen LogP contribution is 2.29. The van der Waals surface area contributed by atoms with Crippen LogP contribution < -0.4 is 10.5 Å². The highest BCUT2D eigenvalue weighted by molar-refractivity contribution is 7.89. The second-order valence-electron chi connectivity index (χ2n) is 4.01. The highest BCUT2D eigenvalue weighted by Gasteiger charge is 2.22. The van der Waals surface area contributed by atoms with Gasteiger partial charge in [-0.3, -0.25) is 0 Å². The molecule has 1 aromatic rings. The van der Waals surface area contributed by atoms with Crippen molar-refractivity contribution in [3.8, 4) is 0 Å². The predicted molar refractivity (Wildman–Crippen MR) is 74.4 cm³/mol. The molecule has 0 bridgehead atoms. The molecule has 1 unspecified atom stereocenters. The topological polar surface area (TPSA) is 72.2 Å². The lowest BCUT2D eigenvalue weighted by atomic mass is 10.2. The summed E-state index contributed by atoms with van der Waals surface area (Å²) in [5.74, 6) is 0. The van der Waals surface area contributed by atoms with Gasteiger partial charge in [0.1, 0.15) is 4.90 Å². The number of nitrogens with two attached hydrogens (primary N) is 1. The first-order valence-electron chi connectivity index (χ1n) is 5.52. The van der Waals surface area contributed by atoms with Gasteiger partial charge in [0, 0.05) is 17.6 Å². The van der Waals surface area contributed by atoms with E-state index < -0.39 is 10.0 Å². The molecular weight excluding hydrogens is 295 g/mol. The first kappa shape index (κ1) is 15.7. The van der Waals surface area contributed by atoms with Crippen LogP contribution in [0.25, 0.3) is 0 Å². The summed E-state index contributed by atoms with van der Waals surface area (Å²) in [5, 5.41) is 0.419. The molecule has 1 aromatic carbocycles. The number of hydrogen-bond acceptors (Lipinski definition) is 3. The second kappa shape index (κ2) is 6.21. The summed E-state index contributed by atoms with van der Waals surface area (Å²) in [4.78, 5) is -0.0302. The quantitative estimate of drug-likeness (QED) is 0.877. The first-order chi connectivity index (χ1) is 8.31. The summed E-state index contributed by atoms with van der Waals surface area (Å²) in [6.07, 6.45) is 0.682. The minimum absolute atomic E-state index is 0.0302. The van der Waals surface area contributed by atoms with Crippen LogP contribution in [0.1, 0.15) is 25.8 Å². The van der Waals surface area contributed by atoms with Gasteiger partial charge >= 0.3 is 0 Å². The molecule has 0 saturated carbocycles. The molecule has 4 nitrogen and oxygen atoms in total. The Morgan fingerprint density at radius 2 is 2.00 bits per heavy atom. The Morgan fingerprint density at radius 1 is 1.39 bits per heavy atom. The molecule has 102 valence electrons. The van der Waals surface area contributed by atoms with Crippen LogP contribution in [-0.4, -0.2) is 14.5 Å². The van der Waals surface area contributed by atoms with Crippen LogP contribution in [0.2, 0.25) is 10.0 Å². The normalized spacial score (nSPS) is 13.6. The number of sulfonamides is 1. The molecule has 0 aliphatic rings. The fraction of sp³-hybridized carbons (Fsp3) is 0.455. The van der Waals surface area contributed by atoms with Crippen LogP contribution in [0.15, 0.2) is 17.0 Å². The number of nitrogens with one attached hydrogen (secondary N) is 1. The van der Waals surface area contributed by atoms with Crippen molar-refractivity contribution in [3.63, 3.8) is 0 Å². The number of halogens is 2. The smallest absolute Gasteiger partial charge is 0.242 e. The standard InChI is InChI=1S/C11H16Cl2N2O2S/c1-3-7(2)15-18(16,17)10-5-9(12)4-8(6-14)11(10)13/h4-5,7,15H,3,6,14H2,1-2H3. The van der Waals surface area contributed by atoms with Crippen LogP contribution in [0.4, 0.5) is 0 Å². The van der Waals surface area contributed by atoms with Crippen molar-refractivity contribution in [1.29, 1.82) is 0 Å². The molecule has 18 heavy (non-hydrogen) atoms. The third-order valence-electron chi connectivity index (χ3n) is 2.56. The van der Waals surface area contributed by atoms with Crippen molar-refractivity contribution < 1.29 is 8.42 Å². The van der Waals surface area contributed by atoms with Crippen LogP contribution in [-0.2, 0) is 16.6 Å². The maximum atomic E-state index is 12.1. The van der Waals surface area contributed by atoms with Gasteiger partial charge in [0.25, 0.3) is 0 Å². The fourth-order valence-electron chi connectivity index (χ4n) is 1.37. The molecule has 7 heteroatoms. The average molecular weight is 311 g/mol. The predicted octanol–water partition coefficient (Wildman–Crippen LogP) is 2.53. The van der Waals surface area contributed by atoms with Crippen molar-refractivity contribution in [2.75, 3.05) is 0 Å². The maximum Gasteiger partial charge on any atom is 0.242 e. The van der Waals surface area contributed by atoms with Crippen molar-refractivity contribution in [2.24, 2.45) is 5.73 Å². The van der Waals surface area contributed by atoms with Crippen LogP contribution in [0, 0.1) is 0 Å². The Balaban J connectivity index is 3.28. The molecule has 0 spiro atoms. The van der Waals surface area contributed by atoms with Crippen molar-refractivity contribution >= 4 is 33.2 Å². The van der Waals surface area contributed by atoms with Crippen LogP contribution in [0.3, 0.4) is 0 Å². The van der Waals surface area contributed by atoms with E-state index in [1.165, 1.54) is 6.07 Å². The molecule has 0 heterocycles. The molecule has 0 fully saturated rings. The summed E-state index contributed by atoms with van der Waals surface area (Å²) >= 11 is 11.9. The minimum Gasteiger partial charge on any atom is -0.326 e. The second-order valence-corrected chi connectivity index (χ2v) is 6.51. The summed E-state index contributed by atoms with van der Waals surface area (Å²) in [6, 6.07) is 2.71. The monoisotopic (exact) mass is 310 g/mol. The van der Waals surface area contributed by atoms with Gasteiger partial charge in [0.15, 0.2) is 0 Å². The molecule has 0 saturated heterocycles. The summed E-state index contributed by atoms with van der Waals surface area (Å²) in [6.45, 7) is 3.79. The lowest BCUT2D eigenvalue weighted by Gasteiger charge is -2.14. The van der Waals surface area contributed by atoms with Gasteiger partial charge in [-0.15, -0.1) is 0 Å². The largest absolute Gasteiger partial charge is 0.326 e. The van der Waals surface area contributed by atoms with E-state index in [9.17, 15) is 8.42 Å².